The molecule has 0 saturated heterocycles. The highest BCUT2D eigenvalue weighted by molar-refractivity contribution is 7.15. The van der Waals surface area contributed by atoms with Crippen molar-refractivity contribution < 1.29 is 19.1 Å². The van der Waals surface area contributed by atoms with E-state index in [0.717, 1.165) is 21.8 Å². The van der Waals surface area contributed by atoms with E-state index in [1.807, 2.05) is 6.07 Å². The number of halogens is 2. The molecule has 0 bridgehead atoms. The Labute approximate surface area is 163 Å². The number of carboxylic acids is 1. The number of nitrogens with one attached hydrogen (secondary N) is 1. The largest absolute Gasteiger partial charge is 0.477 e. The highest BCUT2D eigenvalue weighted by Crippen LogP contribution is 2.49. The van der Waals surface area contributed by atoms with Crippen molar-refractivity contribution in [2.24, 2.45) is 0 Å². The van der Waals surface area contributed by atoms with Crippen LogP contribution in [0.3, 0.4) is 0 Å². The number of anilines is 1. The van der Waals surface area contributed by atoms with Gasteiger partial charge in [0.05, 0.1) is 5.69 Å². The van der Waals surface area contributed by atoms with Gasteiger partial charge in [-0.25, -0.2) is 9.18 Å². The van der Waals surface area contributed by atoms with E-state index < -0.39 is 11.8 Å². The molecule has 1 amide bonds. The lowest BCUT2D eigenvalue weighted by Gasteiger charge is -2.24. The Bertz CT molecular complexity index is 1080. The second kappa shape index (κ2) is 6.79. The van der Waals surface area contributed by atoms with E-state index in [1.165, 1.54) is 18.2 Å². The molecule has 0 unspecified atom stereocenters. The Kier molecular flexibility index (Phi) is 4.45. The number of amides is 1. The van der Waals surface area contributed by atoms with Crippen LogP contribution in [-0.4, -0.2) is 17.0 Å². The molecule has 136 valence electrons. The summed E-state index contributed by atoms with van der Waals surface area (Å²) in [6.07, 6.45) is 0.190. The molecule has 0 spiro atoms. The number of carbonyl (C=O) groups is 2. The molecule has 0 saturated carbocycles. The van der Waals surface area contributed by atoms with Gasteiger partial charge in [0.15, 0.2) is 0 Å². The molecule has 0 radical (unpaired) electrons. The SMILES string of the molecule is O=C1C[C@@H](c2cccc(Cl)c2)c2sc(C(=O)O)c(-c3cccc(F)c3)c2N1. The van der Waals surface area contributed by atoms with Gasteiger partial charge in [0.2, 0.25) is 5.91 Å². The third-order valence-electron chi connectivity index (χ3n) is 4.46. The monoisotopic (exact) mass is 401 g/mol. The number of carboxylic acid groups (broad SMARTS) is 1. The number of rotatable bonds is 3. The summed E-state index contributed by atoms with van der Waals surface area (Å²) in [5, 5.41) is 13.0. The number of aromatic carboxylic acids is 1. The Balaban J connectivity index is 1.95. The second-order valence-electron chi connectivity index (χ2n) is 6.22. The molecule has 1 aromatic heterocycles. The van der Waals surface area contributed by atoms with E-state index in [0.29, 0.717) is 21.8 Å². The van der Waals surface area contributed by atoms with Gasteiger partial charge in [-0.1, -0.05) is 35.9 Å². The van der Waals surface area contributed by atoms with Crippen LogP contribution in [0.2, 0.25) is 5.02 Å². The van der Waals surface area contributed by atoms with Crippen LogP contribution < -0.4 is 5.32 Å². The summed E-state index contributed by atoms with van der Waals surface area (Å²) < 4.78 is 13.7. The number of thiophene rings is 1. The standard InChI is InChI=1S/C20H13ClFNO3S/c21-12-5-1-3-10(7-12)14-9-15(24)23-17-16(11-4-2-6-13(22)8-11)19(20(25)26)27-18(14)17/h1-8,14H,9H2,(H,23,24)(H,25,26)/t14-/m0/s1. The van der Waals surface area contributed by atoms with Crippen LogP contribution >= 0.6 is 22.9 Å². The van der Waals surface area contributed by atoms with Crippen molar-refractivity contribution in [2.75, 3.05) is 5.32 Å². The van der Waals surface area contributed by atoms with Crippen molar-refractivity contribution >= 4 is 40.5 Å². The lowest BCUT2D eigenvalue weighted by molar-refractivity contribution is -0.116. The average molecular weight is 402 g/mol. The molecule has 27 heavy (non-hydrogen) atoms. The molecule has 2 heterocycles. The molecule has 2 N–H and O–H groups in total. The summed E-state index contributed by atoms with van der Waals surface area (Å²) in [5.41, 5.74) is 2.02. The highest BCUT2D eigenvalue weighted by Gasteiger charge is 2.34. The lowest BCUT2D eigenvalue weighted by atomic mass is 9.88. The summed E-state index contributed by atoms with van der Waals surface area (Å²) in [4.78, 5) is 25.0. The van der Waals surface area contributed by atoms with Crippen molar-refractivity contribution in [3.05, 3.63) is 74.7 Å². The number of carbonyl (C=O) groups excluding carboxylic acids is 1. The Morgan fingerprint density at radius 2 is 2.00 bits per heavy atom. The molecule has 1 aliphatic rings. The maximum atomic E-state index is 13.7. The zero-order valence-corrected chi connectivity index (χ0v) is 15.4. The number of benzene rings is 2. The van der Waals surface area contributed by atoms with Crippen LogP contribution in [0.5, 0.6) is 0 Å². The number of hydrogen-bond donors (Lipinski definition) is 2. The molecule has 0 fully saturated rings. The summed E-state index contributed by atoms with van der Waals surface area (Å²) in [6, 6.07) is 12.9. The second-order valence-corrected chi connectivity index (χ2v) is 7.71. The van der Waals surface area contributed by atoms with E-state index in [2.05, 4.69) is 5.32 Å². The molecule has 7 heteroatoms. The summed E-state index contributed by atoms with van der Waals surface area (Å²) in [7, 11) is 0. The highest BCUT2D eigenvalue weighted by atomic mass is 35.5. The first kappa shape index (κ1) is 17.7. The predicted molar refractivity (Wildman–Crippen MR) is 103 cm³/mol. The first-order valence-electron chi connectivity index (χ1n) is 8.15. The number of hydrogen-bond acceptors (Lipinski definition) is 3. The Hall–Kier alpha value is -2.70. The van der Waals surface area contributed by atoms with E-state index in [9.17, 15) is 19.1 Å². The number of fused-ring (bicyclic) bond motifs is 1. The maximum Gasteiger partial charge on any atom is 0.346 e. The van der Waals surface area contributed by atoms with Gasteiger partial charge in [-0.05, 0) is 35.4 Å². The first-order valence-corrected chi connectivity index (χ1v) is 9.34. The van der Waals surface area contributed by atoms with Crippen LogP contribution in [0, 0.1) is 5.82 Å². The normalized spacial score (nSPS) is 15.9. The topological polar surface area (TPSA) is 66.4 Å². The zero-order chi connectivity index (χ0) is 19.1. The van der Waals surface area contributed by atoms with Crippen molar-refractivity contribution in [2.45, 2.75) is 12.3 Å². The van der Waals surface area contributed by atoms with Gasteiger partial charge < -0.3 is 10.4 Å². The minimum atomic E-state index is -1.12. The van der Waals surface area contributed by atoms with Crippen LogP contribution in [0.1, 0.15) is 32.5 Å². The molecular formula is C20H13ClFNO3S. The van der Waals surface area contributed by atoms with E-state index >= 15 is 0 Å². The minimum Gasteiger partial charge on any atom is -0.477 e. The van der Waals surface area contributed by atoms with Crippen molar-refractivity contribution in [1.29, 1.82) is 0 Å². The quantitative estimate of drug-likeness (QED) is 0.619. The lowest BCUT2D eigenvalue weighted by Crippen LogP contribution is -2.22. The van der Waals surface area contributed by atoms with Crippen LogP contribution in [0.4, 0.5) is 10.1 Å². The Morgan fingerprint density at radius 3 is 2.70 bits per heavy atom. The summed E-state index contributed by atoms with van der Waals surface area (Å²) >= 11 is 7.20. The van der Waals surface area contributed by atoms with E-state index in [4.69, 9.17) is 11.6 Å². The molecular weight excluding hydrogens is 389 g/mol. The van der Waals surface area contributed by atoms with Crippen molar-refractivity contribution in [1.82, 2.24) is 0 Å². The zero-order valence-electron chi connectivity index (χ0n) is 13.8. The average Bonchev–Trinajstić information content (AvgIpc) is 3.00. The first-order chi connectivity index (χ1) is 12.9. The fourth-order valence-electron chi connectivity index (χ4n) is 3.35. The molecule has 3 aromatic rings. The van der Waals surface area contributed by atoms with Gasteiger partial charge in [0.1, 0.15) is 10.7 Å². The minimum absolute atomic E-state index is 0.0693. The predicted octanol–water partition coefficient (Wildman–Crippen LogP) is 5.38. The van der Waals surface area contributed by atoms with Crippen molar-refractivity contribution in [3.8, 4) is 11.1 Å². The van der Waals surface area contributed by atoms with Gasteiger partial charge in [-0.3, -0.25) is 4.79 Å². The molecule has 0 aliphatic carbocycles. The third-order valence-corrected chi connectivity index (χ3v) is 5.99. The molecule has 1 atom stereocenters. The van der Waals surface area contributed by atoms with E-state index in [1.54, 1.807) is 24.3 Å². The maximum absolute atomic E-state index is 13.7. The Morgan fingerprint density at radius 1 is 1.22 bits per heavy atom. The van der Waals surface area contributed by atoms with Gasteiger partial charge >= 0.3 is 5.97 Å². The van der Waals surface area contributed by atoms with Crippen LogP contribution in [-0.2, 0) is 4.79 Å². The van der Waals surface area contributed by atoms with Crippen LogP contribution in [0.15, 0.2) is 48.5 Å². The van der Waals surface area contributed by atoms with Gasteiger partial charge in [0, 0.05) is 27.8 Å². The van der Waals surface area contributed by atoms with Crippen LogP contribution in [0.25, 0.3) is 11.1 Å². The van der Waals surface area contributed by atoms with Gasteiger partial charge in [-0.15, -0.1) is 11.3 Å². The third kappa shape index (κ3) is 3.22. The summed E-state index contributed by atoms with van der Waals surface area (Å²) in [6.45, 7) is 0. The molecule has 4 nitrogen and oxygen atoms in total. The molecule has 1 aliphatic heterocycles. The van der Waals surface area contributed by atoms with E-state index in [-0.39, 0.29) is 23.1 Å². The fourth-order valence-corrected chi connectivity index (χ4v) is 4.79. The van der Waals surface area contributed by atoms with Gasteiger partial charge in [0.25, 0.3) is 0 Å². The van der Waals surface area contributed by atoms with Crippen molar-refractivity contribution in [3.63, 3.8) is 0 Å². The smallest absolute Gasteiger partial charge is 0.346 e. The molecule has 2 aromatic carbocycles. The van der Waals surface area contributed by atoms with Gasteiger partial charge in [-0.2, -0.15) is 0 Å². The fraction of sp³-hybridized carbons (Fsp3) is 0.100. The summed E-state index contributed by atoms with van der Waals surface area (Å²) in [5.74, 6) is -2.12. The molecule has 4 rings (SSSR count).